The number of carbonyl (C=O) groups excluding carboxylic acids is 1. The fourth-order valence-corrected chi connectivity index (χ4v) is 2.44. The molecule has 0 saturated heterocycles. The molecule has 1 aromatic rings. The SMILES string of the molecule is CCc1ccsc1C(=O)NCC(C)CC(=O)O. The summed E-state index contributed by atoms with van der Waals surface area (Å²) in [4.78, 5) is 23.0. The third-order valence-corrected chi connectivity index (χ3v) is 3.42. The number of thiophene rings is 1. The fourth-order valence-electron chi connectivity index (χ4n) is 1.53. The monoisotopic (exact) mass is 255 g/mol. The van der Waals surface area contributed by atoms with Crippen LogP contribution in [0.2, 0.25) is 0 Å². The van der Waals surface area contributed by atoms with Crippen molar-refractivity contribution in [3.05, 3.63) is 21.9 Å². The van der Waals surface area contributed by atoms with E-state index in [0.29, 0.717) is 6.54 Å². The van der Waals surface area contributed by atoms with Crippen molar-refractivity contribution in [1.82, 2.24) is 5.32 Å². The topological polar surface area (TPSA) is 66.4 Å². The second kappa shape index (κ2) is 6.39. The van der Waals surface area contributed by atoms with Gasteiger partial charge in [-0.2, -0.15) is 0 Å². The van der Waals surface area contributed by atoms with Crippen LogP contribution in [-0.4, -0.2) is 23.5 Å². The number of carboxylic acid groups (broad SMARTS) is 1. The number of carboxylic acids is 1. The first-order valence-electron chi connectivity index (χ1n) is 5.61. The summed E-state index contributed by atoms with van der Waals surface area (Å²) in [7, 11) is 0. The zero-order chi connectivity index (χ0) is 12.8. The van der Waals surface area contributed by atoms with E-state index in [1.54, 1.807) is 0 Å². The minimum Gasteiger partial charge on any atom is -0.481 e. The van der Waals surface area contributed by atoms with Gasteiger partial charge in [0.15, 0.2) is 0 Å². The Labute approximate surface area is 105 Å². The van der Waals surface area contributed by atoms with E-state index >= 15 is 0 Å². The van der Waals surface area contributed by atoms with Gasteiger partial charge in [0.25, 0.3) is 5.91 Å². The van der Waals surface area contributed by atoms with Crippen molar-refractivity contribution in [2.45, 2.75) is 26.7 Å². The lowest BCUT2D eigenvalue weighted by molar-refractivity contribution is -0.137. The largest absolute Gasteiger partial charge is 0.481 e. The van der Waals surface area contributed by atoms with Crippen LogP contribution >= 0.6 is 11.3 Å². The normalized spacial score (nSPS) is 12.1. The molecule has 94 valence electrons. The Balaban J connectivity index is 2.47. The fraction of sp³-hybridized carbons (Fsp3) is 0.500. The first-order chi connectivity index (χ1) is 8.04. The van der Waals surface area contributed by atoms with Gasteiger partial charge in [0.05, 0.1) is 4.88 Å². The third kappa shape index (κ3) is 4.19. The van der Waals surface area contributed by atoms with Gasteiger partial charge in [0.1, 0.15) is 0 Å². The summed E-state index contributed by atoms with van der Waals surface area (Å²) in [5.41, 5.74) is 1.04. The first-order valence-corrected chi connectivity index (χ1v) is 6.48. The number of nitrogens with one attached hydrogen (secondary N) is 1. The van der Waals surface area contributed by atoms with Crippen LogP contribution in [0.15, 0.2) is 11.4 Å². The number of amides is 1. The van der Waals surface area contributed by atoms with E-state index in [2.05, 4.69) is 5.32 Å². The van der Waals surface area contributed by atoms with Crippen molar-refractivity contribution < 1.29 is 14.7 Å². The number of hydrogen-bond donors (Lipinski definition) is 2. The summed E-state index contributed by atoms with van der Waals surface area (Å²) in [5, 5.41) is 13.3. The summed E-state index contributed by atoms with van der Waals surface area (Å²) in [6.45, 7) is 4.21. The number of rotatable bonds is 6. The predicted molar refractivity (Wildman–Crippen MR) is 67.4 cm³/mol. The molecule has 17 heavy (non-hydrogen) atoms. The smallest absolute Gasteiger partial charge is 0.303 e. The first kappa shape index (κ1) is 13.7. The van der Waals surface area contributed by atoms with Crippen molar-refractivity contribution in [1.29, 1.82) is 0 Å². The van der Waals surface area contributed by atoms with Crippen LogP contribution in [0.4, 0.5) is 0 Å². The zero-order valence-corrected chi connectivity index (χ0v) is 10.8. The van der Waals surface area contributed by atoms with Gasteiger partial charge < -0.3 is 10.4 Å². The van der Waals surface area contributed by atoms with Crippen LogP contribution in [0.5, 0.6) is 0 Å². The maximum atomic E-state index is 11.8. The average Bonchev–Trinajstić information content (AvgIpc) is 2.72. The number of carbonyl (C=O) groups is 2. The molecule has 1 amide bonds. The molecule has 0 fully saturated rings. The van der Waals surface area contributed by atoms with Gasteiger partial charge >= 0.3 is 5.97 Å². The molecule has 1 rings (SSSR count). The van der Waals surface area contributed by atoms with Gasteiger partial charge in [-0.15, -0.1) is 11.3 Å². The summed E-state index contributed by atoms with van der Waals surface area (Å²) in [6, 6.07) is 1.94. The van der Waals surface area contributed by atoms with Crippen LogP contribution < -0.4 is 5.32 Å². The Morgan fingerprint density at radius 1 is 1.53 bits per heavy atom. The molecule has 2 N–H and O–H groups in total. The molecular weight excluding hydrogens is 238 g/mol. The Bertz CT molecular complexity index is 400. The van der Waals surface area contributed by atoms with Crippen LogP contribution in [0.25, 0.3) is 0 Å². The molecule has 0 aliphatic carbocycles. The lowest BCUT2D eigenvalue weighted by Crippen LogP contribution is -2.29. The standard InChI is InChI=1S/C12H17NO3S/c1-3-9-4-5-17-11(9)12(16)13-7-8(2)6-10(14)15/h4-5,8H,3,6-7H2,1-2H3,(H,13,16)(H,14,15). The highest BCUT2D eigenvalue weighted by molar-refractivity contribution is 7.12. The van der Waals surface area contributed by atoms with Crippen LogP contribution in [0.3, 0.4) is 0 Å². The van der Waals surface area contributed by atoms with Crippen LogP contribution in [0.1, 0.15) is 35.5 Å². The van der Waals surface area contributed by atoms with E-state index in [9.17, 15) is 9.59 Å². The van der Waals surface area contributed by atoms with Gasteiger partial charge in [-0.05, 0) is 29.3 Å². The van der Waals surface area contributed by atoms with E-state index < -0.39 is 5.97 Å². The van der Waals surface area contributed by atoms with E-state index in [0.717, 1.165) is 16.9 Å². The maximum absolute atomic E-state index is 11.8. The summed E-state index contributed by atoms with van der Waals surface area (Å²) in [6.07, 6.45) is 0.905. The third-order valence-electron chi connectivity index (χ3n) is 2.47. The number of hydrogen-bond acceptors (Lipinski definition) is 3. The molecular formula is C12H17NO3S. The van der Waals surface area contributed by atoms with Gasteiger partial charge in [0, 0.05) is 13.0 Å². The number of aliphatic carboxylic acids is 1. The Kier molecular flexibility index (Phi) is 5.15. The molecule has 1 atom stereocenters. The summed E-state index contributed by atoms with van der Waals surface area (Å²) in [5.74, 6) is -0.993. The summed E-state index contributed by atoms with van der Waals surface area (Å²) < 4.78 is 0. The second-order valence-corrected chi connectivity index (χ2v) is 4.96. The van der Waals surface area contributed by atoms with E-state index in [-0.39, 0.29) is 18.2 Å². The highest BCUT2D eigenvalue weighted by atomic mass is 32.1. The Hall–Kier alpha value is -1.36. The molecule has 1 aromatic heterocycles. The van der Waals surface area contributed by atoms with Crippen molar-refractivity contribution in [3.63, 3.8) is 0 Å². The van der Waals surface area contributed by atoms with E-state index in [4.69, 9.17) is 5.11 Å². The predicted octanol–water partition coefficient (Wildman–Crippen LogP) is 2.15. The molecule has 0 aliphatic rings. The van der Waals surface area contributed by atoms with Gasteiger partial charge in [0.2, 0.25) is 0 Å². The molecule has 0 spiro atoms. The van der Waals surface area contributed by atoms with Crippen LogP contribution in [-0.2, 0) is 11.2 Å². The maximum Gasteiger partial charge on any atom is 0.303 e. The lowest BCUT2D eigenvalue weighted by atomic mass is 10.1. The Morgan fingerprint density at radius 3 is 2.82 bits per heavy atom. The van der Waals surface area contributed by atoms with E-state index in [1.807, 2.05) is 25.3 Å². The highest BCUT2D eigenvalue weighted by Crippen LogP contribution is 2.17. The minimum absolute atomic E-state index is 0.0542. The zero-order valence-electron chi connectivity index (χ0n) is 10.0. The van der Waals surface area contributed by atoms with Gasteiger partial charge in [-0.1, -0.05) is 13.8 Å². The molecule has 4 nitrogen and oxygen atoms in total. The highest BCUT2D eigenvalue weighted by Gasteiger charge is 2.13. The average molecular weight is 255 g/mol. The molecule has 5 heteroatoms. The molecule has 0 bridgehead atoms. The quantitative estimate of drug-likeness (QED) is 0.818. The molecule has 0 aliphatic heterocycles. The van der Waals surface area contributed by atoms with Crippen molar-refractivity contribution >= 4 is 23.2 Å². The van der Waals surface area contributed by atoms with Crippen LogP contribution in [0, 0.1) is 5.92 Å². The van der Waals surface area contributed by atoms with Gasteiger partial charge in [-0.3, -0.25) is 9.59 Å². The number of aryl methyl sites for hydroxylation is 1. The lowest BCUT2D eigenvalue weighted by Gasteiger charge is -2.10. The Morgan fingerprint density at radius 2 is 2.24 bits per heavy atom. The molecule has 1 unspecified atom stereocenters. The van der Waals surface area contributed by atoms with Crippen molar-refractivity contribution in [2.75, 3.05) is 6.54 Å². The molecule has 0 radical (unpaired) electrons. The van der Waals surface area contributed by atoms with Crippen molar-refractivity contribution in [3.8, 4) is 0 Å². The molecule has 0 aromatic carbocycles. The van der Waals surface area contributed by atoms with Crippen molar-refractivity contribution in [2.24, 2.45) is 5.92 Å². The van der Waals surface area contributed by atoms with Gasteiger partial charge in [-0.25, -0.2) is 0 Å². The second-order valence-electron chi connectivity index (χ2n) is 4.04. The summed E-state index contributed by atoms with van der Waals surface area (Å²) >= 11 is 1.42. The molecule has 0 saturated carbocycles. The molecule has 1 heterocycles. The van der Waals surface area contributed by atoms with E-state index in [1.165, 1.54) is 11.3 Å². The minimum atomic E-state index is -0.836.